The number of Topliss-reactive ketones (excluding diaryl/α,β-unsaturated/α-hetero) is 1. The Hall–Kier alpha value is -1.32. The highest BCUT2D eigenvalue weighted by Crippen LogP contribution is 2.35. The molecule has 0 amide bonds. The van der Waals surface area contributed by atoms with Crippen LogP contribution < -0.4 is 0 Å². The minimum Gasteiger partial charge on any atom is -0.481 e. The second-order valence-electron chi connectivity index (χ2n) is 6.38. The Bertz CT molecular complexity index is 383. The van der Waals surface area contributed by atoms with E-state index >= 15 is 0 Å². The maximum atomic E-state index is 12.2. The van der Waals surface area contributed by atoms with E-state index in [2.05, 4.69) is 32.6 Å². The predicted molar refractivity (Wildman–Crippen MR) is 74.8 cm³/mol. The zero-order valence-electron chi connectivity index (χ0n) is 12.4. The molecule has 0 radical (unpaired) electrons. The van der Waals surface area contributed by atoms with E-state index in [0.29, 0.717) is 5.92 Å². The first-order valence-corrected chi connectivity index (χ1v) is 6.93. The second kappa shape index (κ2) is 6.22. The van der Waals surface area contributed by atoms with E-state index in [1.807, 2.05) is 6.20 Å². The van der Waals surface area contributed by atoms with Gasteiger partial charge in [-0.15, -0.1) is 0 Å². The number of nitrogens with zero attached hydrogens (tertiary/aromatic N) is 1. The number of hydrogen-bond donors (Lipinski definition) is 1. The summed E-state index contributed by atoms with van der Waals surface area (Å²) in [7, 11) is 0. The van der Waals surface area contributed by atoms with Gasteiger partial charge in [0.25, 0.3) is 0 Å². The van der Waals surface area contributed by atoms with Gasteiger partial charge in [-0.1, -0.05) is 27.7 Å². The van der Waals surface area contributed by atoms with Crippen molar-refractivity contribution in [1.29, 1.82) is 0 Å². The Morgan fingerprint density at radius 3 is 2.53 bits per heavy atom. The van der Waals surface area contributed by atoms with Crippen LogP contribution in [0.25, 0.3) is 0 Å². The lowest BCUT2D eigenvalue weighted by atomic mass is 9.76. The van der Waals surface area contributed by atoms with Crippen molar-refractivity contribution in [2.75, 3.05) is 13.1 Å². The van der Waals surface area contributed by atoms with Crippen LogP contribution in [0.4, 0.5) is 0 Å². The van der Waals surface area contributed by atoms with Gasteiger partial charge in [-0.3, -0.25) is 9.59 Å². The first-order valence-electron chi connectivity index (χ1n) is 6.93. The fourth-order valence-corrected chi connectivity index (χ4v) is 2.40. The van der Waals surface area contributed by atoms with E-state index in [9.17, 15) is 9.59 Å². The van der Waals surface area contributed by atoms with Crippen LogP contribution in [0.15, 0.2) is 11.8 Å². The minimum absolute atomic E-state index is 0.0270. The summed E-state index contributed by atoms with van der Waals surface area (Å²) in [6, 6.07) is 0. The number of ketones is 1. The average molecular weight is 267 g/mol. The van der Waals surface area contributed by atoms with Crippen molar-refractivity contribution < 1.29 is 14.7 Å². The maximum absolute atomic E-state index is 12.2. The molecule has 1 N–H and O–H groups in total. The largest absolute Gasteiger partial charge is 0.481 e. The van der Waals surface area contributed by atoms with Crippen molar-refractivity contribution in [2.45, 2.75) is 47.0 Å². The normalized spacial score (nSPS) is 18.4. The van der Waals surface area contributed by atoms with Crippen LogP contribution in [-0.4, -0.2) is 34.8 Å². The fraction of sp³-hybridized carbons (Fsp3) is 0.733. The number of hydrogen-bond acceptors (Lipinski definition) is 3. The summed E-state index contributed by atoms with van der Waals surface area (Å²) in [5.74, 6) is -0.393. The first-order chi connectivity index (χ1) is 8.72. The van der Waals surface area contributed by atoms with Gasteiger partial charge in [0.1, 0.15) is 0 Å². The van der Waals surface area contributed by atoms with Gasteiger partial charge in [0.15, 0.2) is 5.78 Å². The molecule has 1 rings (SSSR count). The summed E-state index contributed by atoms with van der Waals surface area (Å²) in [5, 5.41) is 8.68. The molecule has 4 heteroatoms. The highest BCUT2D eigenvalue weighted by Gasteiger charge is 2.32. The van der Waals surface area contributed by atoms with Gasteiger partial charge in [-0.25, -0.2) is 0 Å². The maximum Gasteiger partial charge on any atom is 0.303 e. The molecule has 0 aliphatic carbocycles. The number of carboxylic acids is 1. The van der Waals surface area contributed by atoms with Crippen LogP contribution in [0.2, 0.25) is 0 Å². The van der Waals surface area contributed by atoms with Gasteiger partial charge < -0.3 is 10.0 Å². The molecule has 1 heterocycles. The van der Waals surface area contributed by atoms with E-state index in [1.165, 1.54) is 0 Å². The van der Waals surface area contributed by atoms with Gasteiger partial charge in [-0.05, 0) is 17.8 Å². The smallest absolute Gasteiger partial charge is 0.303 e. The number of carbonyl (C=O) groups is 2. The van der Waals surface area contributed by atoms with Gasteiger partial charge in [0, 0.05) is 31.3 Å². The Morgan fingerprint density at radius 2 is 2.00 bits per heavy atom. The molecule has 19 heavy (non-hydrogen) atoms. The number of aliphatic carboxylic acids is 1. The highest BCUT2D eigenvalue weighted by atomic mass is 16.4. The molecule has 1 aliphatic heterocycles. The van der Waals surface area contributed by atoms with Gasteiger partial charge in [0.05, 0.1) is 6.42 Å². The molecule has 0 unspecified atom stereocenters. The van der Waals surface area contributed by atoms with Crippen molar-refractivity contribution in [1.82, 2.24) is 4.90 Å². The van der Waals surface area contributed by atoms with Crippen molar-refractivity contribution >= 4 is 11.8 Å². The number of carboxylic acid groups (broad SMARTS) is 1. The molecule has 0 saturated carbocycles. The summed E-state index contributed by atoms with van der Waals surface area (Å²) in [6.45, 7) is 10.3. The Morgan fingerprint density at radius 1 is 1.37 bits per heavy atom. The van der Waals surface area contributed by atoms with Gasteiger partial charge >= 0.3 is 5.97 Å². The number of carbonyl (C=O) groups excluding carboxylic acids is 1. The molecule has 108 valence electrons. The third-order valence-corrected chi connectivity index (χ3v) is 3.53. The van der Waals surface area contributed by atoms with Gasteiger partial charge in [-0.2, -0.15) is 0 Å². The van der Waals surface area contributed by atoms with E-state index in [4.69, 9.17) is 5.11 Å². The van der Waals surface area contributed by atoms with Crippen LogP contribution in [0.5, 0.6) is 0 Å². The van der Waals surface area contributed by atoms with E-state index < -0.39 is 5.97 Å². The summed E-state index contributed by atoms with van der Waals surface area (Å²) in [6.07, 6.45) is 2.90. The standard InChI is InChI=1S/C15H25NO3/c1-11(2)9-16-8-7-15(3,4)12(10-16)13(17)5-6-14(18)19/h10-11H,5-9H2,1-4H3,(H,18,19). The van der Waals surface area contributed by atoms with Crippen LogP contribution in [0, 0.1) is 11.3 Å². The lowest BCUT2D eigenvalue weighted by Crippen LogP contribution is -2.36. The number of allylic oxidation sites excluding steroid dienone is 1. The predicted octanol–water partition coefficient (Wildman–Crippen LogP) is 2.69. The monoisotopic (exact) mass is 267 g/mol. The molecule has 0 fully saturated rings. The SMILES string of the molecule is CC(C)CN1C=C(C(=O)CCC(=O)O)C(C)(C)CC1. The Labute approximate surface area is 115 Å². The molecule has 0 bridgehead atoms. The van der Waals surface area contributed by atoms with Crippen LogP contribution in [0.1, 0.15) is 47.0 Å². The van der Waals surface area contributed by atoms with Crippen molar-refractivity contribution in [3.8, 4) is 0 Å². The van der Waals surface area contributed by atoms with E-state index in [0.717, 1.165) is 25.1 Å². The molecule has 0 aromatic rings. The van der Waals surface area contributed by atoms with Crippen LogP contribution in [-0.2, 0) is 9.59 Å². The van der Waals surface area contributed by atoms with Crippen molar-refractivity contribution in [3.05, 3.63) is 11.8 Å². The summed E-state index contributed by atoms with van der Waals surface area (Å²) in [4.78, 5) is 25.0. The van der Waals surface area contributed by atoms with Crippen molar-refractivity contribution in [3.63, 3.8) is 0 Å². The molecule has 0 atom stereocenters. The first kappa shape index (κ1) is 15.7. The zero-order chi connectivity index (χ0) is 14.6. The lowest BCUT2D eigenvalue weighted by molar-refractivity contribution is -0.138. The quantitative estimate of drug-likeness (QED) is 0.804. The molecular weight excluding hydrogens is 242 g/mol. The molecule has 0 saturated heterocycles. The fourth-order valence-electron chi connectivity index (χ4n) is 2.40. The highest BCUT2D eigenvalue weighted by molar-refractivity contribution is 5.97. The molecule has 0 aromatic heterocycles. The number of rotatable bonds is 6. The van der Waals surface area contributed by atoms with E-state index in [-0.39, 0.29) is 24.0 Å². The van der Waals surface area contributed by atoms with Crippen molar-refractivity contribution in [2.24, 2.45) is 11.3 Å². The lowest BCUT2D eigenvalue weighted by Gasteiger charge is -2.37. The Kier molecular flexibility index (Phi) is 5.15. The van der Waals surface area contributed by atoms with E-state index in [1.54, 1.807) is 0 Å². The van der Waals surface area contributed by atoms with Crippen LogP contribution >= 0.6 is 0 Å². The third kappa shape index (κ3) is 4.69. The molecule has 0 spiro atoms. The van der Waals surface area contributed by atoms with Crippen LogP contribution in [0.3, 0.4) is 0 Å². The minimum atomic E-state index is -0.915. The average Bonchev–Trinajstić information content (AvgIpc) is 2.27. The zero-order valence-corrected chi connectivity index (χ0v) is 12.4. The molecule has 1 aliphatic rings. The summed E-state index contributed by atoms with van der Waals surface area (Å²) >= 11 is 0. The topological polar surface area (TPSA) is 57.6 Å². The summed E-state index contributed by atoms with van der Waals surface area (Å²) in [5.41, 5.74) is 0.629. The second-order valence-corrected chi connectivity index (χ2v) is 6.38. The Balaban J connectivity index is 2.81. The molecule has 0 aromatic carbocycles. The molecule has 4 nitrogen and oxygen atoms in total. The molecular formula is C15H25NO3. The van der Waals surface area contributed by atoms with Gasteiger partial charge in [0.2, 0.25) is 0 Å². The third-order valence-electron chi connectivity index (χ3n) is 3.53. The summed E-state index contributed by atoms with van der Waals surface area (Å²) < 4.78 is 0.